The third-order valence-corrected chi connectivity index (χ3v) is 5.47. The number of fused-ring (bicyclic) bond motifs is 1. The first kappa shape index (κ1) is 18.9. The summed E-state index contributed by atoms with van der Waals surface area (Å²) in [5.41, 5.74) is 1.03. The van der Waals surface area contributed by atoms with Crippen LogP contribution in [0.5, 0.6) is 0 Å². The summed E-state index contributed by atoms with van der Waals surface area (Å²) in [6.45, 7) is 1.98. The van der Waals surface area contributed by atoms with Gasteiger partial charge in [-0.3, -0.25) is 4.90 Å². The van der Waals surface area contributed by atoms with Gasteiger partial charge >= 0.3 is 6.18 Å². The van der Waals surface area contributed by atoms with E-state index < -0.39 is 17.6 Å². The lowest BCUT2D eigenvalue weighted by molar-refractivity contribution is -0.137. The lowest BCUT2D eigenvalue weighted by Gasteiger charge is -2.32. The molecule has 0 bridgehead atoms. The molecule has 0 saturated carbocycles. The van der Waals surface area contributed by atoms with Gasteiger partial charge in [0.2, 0.25) is 0 Å². The van der Waals surface area contributed by atoms with Gasteiger partial charge < -0.3 is 4.57 Å². The highest BCUT2D eigenvalue weighted by atomic mass is 19.4. The lowest BCUT2D eigenvalue weighted by Crippen LogP contribution is -2.33. The number of halogens is 4. The fourth-order valence-electron chi connectivity index (χ4n) is 3.85. The van der Waals surface area contributed by atoms with Crippen LogP contribution in [-0.2, 0) is 19.8 Å². The molecule has 3 heterocycles. The molecule has 1 fully saturated rings. The third kappa shape index (κ3) is 3.61. The molecule has 0 atom stereocenters. The van der Waals surface area contributed by atoms with E-state index >= 15 is 0 Å². The monoisotopic (exact) mass is 392 g/mol. The fourth-order valence-corrected chi connectivity index (χ4v) is 3.85. The van der Waals surface area contributed by atoms with Crippen LogP contribution < -0.4 is 0 Å². The van der Waals surface area contributed by atoms with Gasteiger partial charge in [0.15, 0.2) is 5.65 Å². The van der Waals surface area contributed by atoms with Crippen molar-refractivity contribution in [3.8, 4) is 0 Å². The number of alkyl halides is 3. The highest BCUT2D eigenvalue weighted by molar-refractivity contribution is 5.71. The second kappa shape index (κ2) is 7.16. The number of benzene rings is 1. The van der Waals surface area contributed by atoms with Crippen LogP contribution in [0.1, 0.15) is 35.7 Å². The van der Waals surface area contributed by atoms with E-state index in [2.05, 4.69) is 14.9 Å². The quantitative estimate of drug-likeness (QED) is 0.616. The number of nitrogens with zero attached hydrogens (tertiary/aromatic N) is 4. The molecule has 2 aromatic heterocycles. The van der Waals surface area contributed by atoms with Gasteiger partial charge in [-0.25, -0.2) is 14.4 Å². The SMILES string of the molecule is Cn1c(CN2CCC(c3cc(C(F)(F)F)ccc3F)CC2)nc2ncccc21. The van der Waals surface area contributed by atoms with Crippen LogP contribution in [0, 0.1) is 5.82 Å². The van der Waals surface area contributed by atoms with Crippen molar-refractivity contribution in [2.45, 2.75) is 31.5 Å². The number of piperidine rings is 1. The van der Waals surface area contributed by atoms with E-state index in [1.54, 1.807) is 6.20 Å². The maximum absolute atomic E-state index is 14.2. The molecular weight excluding hydrogens is 372 g/mol. The predicted octanol–water partition coefficient (Wildman–Crippen LogP) is 4.51. The van der Waals surface area contributed by atoms with Crippen molar-refractivity contribution >= 4 is 11.2 Å². The normalized spacial score (nSPS) is 16.8. The first-order valence-corrected chi connectivity index (χ1v) is 9.18. The second-order valence-electron chi connectivity index (χ2n) is 7.22. The molecule has 1 aliphatic rings. The first-order valence-electron chi connectivity index (χ1n) is 9.18. The van der Waals surface area contributed by atoms with E-state index in [1.807, 2.05) is 23.7 Å². The number of aryl methyl sites for hydroxylation is 1. The topological polar surface area (TPSA) is 34.0 Å². The molecule has 148 valence electrons. The number of hydrogen-bond acceptors (Lipinski definition) is 3. The van der Waals surface area contributed by atoms with Crippen molar-refractivity contribution in [3.05, 3.63) is 59.3 Å². The molecule has 4 nitrogen and oxygen atoms in total. The van der Waals surface area contributed by atoms with Gasteiger partial charge in [-0.2, -0.15) is 13.2 Å². The molecular formula is C20H20F4N4. The molecule has 1 saturated heterocycles. The predicted molar refractivity (Wildman–Crippen MR) is 97.2 cm³/mol. The summed E-state index contributed by atoms with van der Waals surface area (Å²) in [5, 5.41) is 0. The van der Waals surface area contributed by atoms with Crippen molar-refractivity contribution in [1.82, 2.24) is 19.4 Å². The van der Waals surface area contributed by atoms with Gasteiger partial charge in [-0.1, -0.05) is 0 Å². The molecule has 0 unspecified atom stereocenters. The largest absolute Gasteiger partial charge is 0.416 e. The average Bonchev–Trinajstić information content (AvgIpc) is 2.98. The fraction of sp³-hybridized carbons (Fsp3) is 0.400. The summed E-state index contributed by atoms with van der Waals surface area (Å²) in [4.78, 5) is 11.0. The highest BCUT2D eigenvalue weighted by Crippen LogP contribution is 2.35. The maximum Gasteiger partial charge on any atom is 0.416 e. The summed E-state index contributed by atoms with van der Waals surface area (Å²) in [7, 11) is 1.94. The smallest absolute Gasteiger partial charge is 0.329 e. The zero-order valence-corrected chi connectivity index (χ0v) is 15.4. The Morgan fingerprint density at radius 3 is 2.57 bits per heavy atom. The Kier molecular flexibility index (Phi) is 4.82. The molecule has 4 rings (SSSR count). The Morgan fingerprint density at radius 2 is 1.89 bits per heavy atom. The molecule has 0 spiro atoms. The molecule has 0 N–H and O–H groups in total. The van der Waals surface area contributed by atoms with Crippen LogP contribution in [0.2, 0.25) is 0 Å². The second-order valence-corrected chi connectivity index (χ2v) is 7.22. The number of hydrogen-bond donors (Lipinski definition) is 0. The van der Waals surface area contributed by atoms with Gasteiger partial charge in [-0.15, -0.1) is 0 Å². The summed E-state index contributed by atoms with van der Waals surface area (Å²) >= 11 is 0. The van der Waals surface area contributed by atoms with Crippen LogP contribution in [0.15, 0.2) is 36.5 Å². The maximum atomic E-state index is 14.2. The van der Waals surface area contributed by atoms with Crippen molar-refractivity contribution in [2.75, 3.05) is 13.1 Å². The van der Waals surface area contributed by atoms with Gasteiger partial charge in [0.1, 0.15) is 11.6 Å². The zero-order valence-electron chi connectivity index (χ0n) is 15.4. The number of aromatic nitrogens is 3. The van der Waals surface area contributed by atoms with E-state index in [1.165, 1.54) is 0 Å². The molecule has 3 aromatic rings. The Balaban J connectivity index is 1.45. The van der Waals surface area contributed by atoms with Crippen LogP contribution in [0.25, 0.3) is 11.2 Å². The van der Waals surface area contributed by atoms with Gasteiger partial charge in [0.25, 0.3) is 0 Å². The lowest BCUT2D eigenvalue weighted by atomic mass is 9.88. The molecule has 1 aromatic carbocycles. The minimum Gasteiger partial charge on any atom is -0.329 e. The van der Waals surface area contributed by atoms with E-state index in [0.29, 0.717) is 38.1 Å². The van der Waals surface area contributed by atoms with E-state index in [0.717, 1.165) is 29.5 Å². The Hall–Kier alpha value is -2.48. The number of imidazole rings is 1. The Morgan fingerprint density at radius 1 is 1.14 bits per heavy atom. The van der Waals surface area contributed by atoms with Crippen molar-refractivity contribution in [1.29, 1.82) is 0 Å². The summed E-state index contributed by atoms with van der Waals surface area (Å²) in [6, 6.07) is 6.52. The summed E-state index contributed by atoms with van der Waals surface area (Å²) in [6.07, 6.45) is -1.54. The van der Waals surface area contributed by atoms with Gasteiger partial charge in [0.05, 0.1) is 17.6 Å². The molecule has 28 heavy (non-hydrogen) atoms. The van der Waals surface area contributed by atoms with Crippen LogP contribution in [-0.4, -0.2) is 32.5 Å². The molecule has 0 aliphatic carbocycles. The summed E-state index contributed by atoms with van der Waals surface area (Å²) in [5.74, 6) is 0.117. The molecule has 0 amide bonds. The van der Waals surface area contributed by atoms with Crippen LogP contribution >= 0.6 is 0 Å². The molecule has 1 aliphatic heterocycles. The minimum atomic E-state index is -4.46. The van der Waals surface area contributed by atoms with Crippen molar-refractivity contribution in [2.24, 2.45) is 7.05 Å². The van der Waals surface area contributed by atoms with Crippen molar-refractivity contribution < 1.29 is 17.6 Å². The summed E-state index contributed by atoms with van der Waals surface area (Å²) < 4.78 is 55.0. The standard InChI is InChI=1S/C20H20F4N4/c1-27-17-3-2-8-25-19(17)26-18(27)12-28-9-6-13(7-10-28)15-11-14(20(22,23)24)4-5-16(15)21/h2-5,8,11,13H,6-7,9-10,12H2,1H3. The van der Waals surface area contributed by atoms with Gasteiger partial charge in [0, 0.05) is 13.2 Å². The van der Waals surface area contributed by atoms with E-state index in [4.69, 9.17) is 0 Å². The van der Waals surface area contributed by atoms with Crippen LogP contribution in [0.3, 0.4) is 0 Å². The minimum absolute atomic E-state index is 0.168. The van der Waals surface area contributed by atoms with Crippen molar-refractivity contribution in [3.63, 3.8) is 0 Å². The Bertz CT molecular complexity index is 988. The number of rotatable bonds is 3. The Labute approximate surface area is 159 Å². The number of pyridine rings is 1. The van der Waals surface area contributed by atoms with Gasteiger partial charge in [-0.05, 0) is 67.7 Å². The third-order valence-electron chi connectivity index (χ3n) is 5.47. The molecule has 8 heteroatoms. The van der Waals surface area contributed by atoms with E-state index in [-0.39, 0.29) is 11.5 Å². The number of likely N-dealkylation sites (tertiary alicyclic amines) is 1. The zero-order chi connectivity index (χ0) is 19.9. The van der Waals surface area contributed by atoms with E-state index in [9.17, 15) is 17.6 Å². The highest BCUT2D eigenvalue weighted by Gasteiger charge is 2.32. The first-order chi connectivity index (χ1) is 13.3. The average molecular weight is 392 g/mol. The van der Waals surface area contributed by atoms with Crippen LogP contribution in [0.4, 0.5) is 17.6 Å². The molecule has 0 radical (unpaired) electrons.